The van der Waals surface area contributed by atoms with E-state index < -0.39 is 0 Å². The van der Waals surface area contributed by atoms with Crippen LogP contribution in [0.3, 0.4) is 0 Å². The van der Waals surface area contributed by atoms with Crippen molar-refractivity contribution in [2.45, 2.75) is 0 Å². The summed E-state index contributed by atoms with van der Waals surface area (Å²) >= 11 is 1.50. The number of benzene rings is 1. The summed E-state index contributed by atoms with van der Waals surface area (Å²) in [7, 11) is 0. The van der Waals surface area contributed by atoms with E-state index in [4.69, 9.17) is 0 Å². The molecule has 0 fully saturated rings. The van der Waals surface area contributed by atoms with Crippen LogP contribution in [0.1, 0.15) is 5.56 Å². The van der Waals surface area contributed by atoms with E-state index in [-0.39, 0.29) is 55.1 Å². The van der Waals surface area contributed by atoms with Crippen molar-refractivity contribution in [1.29, 1.82) is 0 Å². The Morgan fingerprint density at radius 1 is 1.20 bits per heavy atom. The predicted molar refractivity (Wildman–Crippen MR) is 36.3 cm³/mol. The van der Waals surface area contributed by atoms with Gasteiger partial charge in [0.05, 0.1) is 0 Å². The standard InChI is InChI=1S/C7H6OTe.K/c8-7(9)6-4-2-1-3-5-6;/h1-5H,(H,8,9);/q;+1/p-1. The monoisotopic (exact) mass is 274 g/mol. The van der Waals surface area contributed by atoms with Crippen LogP contribution in [-0.2, 0) is 0 Å². The van der Waals surface area contributed by atoms with Crippen LogP contribution in [0, 0.1) is 0 Å². The van der Waals surface area contributed by atoms with Crippen LogP contribution in [0.25, 0.3) is 0 Å². The van der Waals surface area contributed by atoms with Gasteiger partial charge in [0, 0.05) is 0 Å². The molecule has 46 valence electrons. The van der Waals surface area contributed by atoms with Crippen molar-refractivity contribution in [3.63, 3.8) is 0 Å². The van der Waals surface area contributed by atoms with E-state index in [0.29, 0.717) is 0 Å². The van der Waals surface area contributed by atoms with Crippen molar-refractivity contribution < 1.29 is 56.5 Å². The summed E-state index contributed by atoms with van der Waals surface area (Å²) in [4.78, 5) is 0. The van der Waals surface area contributed by atoms with Gasteiger partial charge in [0.1, 0.15) is 0 Å². The molecule has 1 rings (SSSR count). The van der Waals surface area contributed by atoms with Crippen molar-refractivity contribution in [2.24, 2.45) is 0 Å². The minimum atomic E-state index is 0. The van der Waals surface area contributed by atoms with Crippen LogP contribution < -0.4 is 56.5 Å². The van der Waals surface area contributed by atoms with Gasteiger partial charge < -0.3 is 0 Å². The number of rotatable bonds is 1. The normalized spacial score (nSPS) is 8.00. The molecule has 10 heavy (non-hydrogen) atoms. The van der Waals surface area contributed by atoms with E-state index in [0.717, 1.165) is 5.56 Å². The predicted octanol–water partition coefficient (Wildman–Crippen LogP) is -3.30. The van der Waals surface area contributed by atoms with Crippen molar-refractivity contribution in [2.75, 3.05) is 0 Å². The average Bonchev–Trinajstić information content (AvgIpc) is 1.90. The van der Waals surface area contributed by atoms with E-state index in [1.54, 1.807) is 0 Å². The third-order valence-electron chi connectivity index (χ3n) is 1.01. The first-order valence-electron chi connectivity index (χ1n) is 2.57. The molecule has 0 amide bonds. The summed E-state index contributed by atoms with van der Waals surface area (Å²) in [5.41, 5.74) is 0.780. The summed E-state index contributed by atoms with van der Waals surface area (Å²) in [6, 6.07) is 9.24. The summed E-state index contributed by atoms with van der Waals surface area (Å²) in [5, 5.41) is 10.6. The first-order valence-corrected chi connectivity index (χ1v) is 3.73. The van der Waals surface area contributed by atoms with E-state index in [1.165, 1.54) is 21.8 Å². The van der Waals surface area contributed by atoms with Crippen molar-refractivity contribution in [3.05, 3.63) is 35.9 Å². The third kappa shape index (κ3) is 3.63. The molecular formula is C7H5KOTe. The topological polar surface area (TPSA) is 23.1 Å². The zero-order valence-electron chi connectivity index (χ0n) is 5.70. The molecule has 0 N–H and O–H groups in total. The van der Waals surface area contributed by atoms with Crippen LogP contribution in [0.2, 0.25) is 0 Å². The average molecular weight is 272 g/mol. The number of hydrogen-bond acceptors (Lipinski definition) is 1. The zero-order valence-corrected chi connectivity index (χ0v) is 11.2. The number of hydrogen-bond donors (Lipinski definition) is 0. The van der Waals surface area contributed by atoms with Gasteiger partial charge in [-0.3, -0.25) is 0 Å². The fourth-order valence-electron chi connectivity index (χ4n) is 0.574. The molecule has 1 nitrogen and oxygen atoms in total. The first kappa shape index (κ1) is 11.3. The first-order chi connectivity index (χ1) is 4.30. The molecule has 3 heteroatoms. The van der Waals surface area contributed by atoms with Gasteiger partial charge >= 0.3 is 118 Å². The van der Waals surface area contributed by atoms with Crippen LogP contribution >= 0.6 is 0 Å². The molecule has 0 spiro atoms. The van der Waals surface area contributed by atoms with Crippen LogP contribution in [0.4, 0.5) is 0 Å². The molecule has 1 aromatic carbocycles. The van der Waals surface area contributed by atoms with Crippen LogP contribution in [0.15, 0.2) is 30.3 Å². The maximum absolute atomic E-state index is 10.6. The molecule has 0 aliphatic carbocycles. The van der Waals surface area contributed by atoms with Crippen LogP contribution in [-0.4, -0.2) is 25.6 Å². The van der Waals surface area contributed by atoms with Gasteiger partial charge in [0.15, 0.2) is 0 Å². The Kier molecular flexibility index (Phi) is 6.68. The van der Waals surface area contributed by atoms with Gasteiger partial charge in [-0.1, -0.05) is 0 Å². The Morgan fingerprint density at radius 2 is 1.70 bits per heavy atom. The second kappa shape index (κ2) is 5.90. The summed E-state index contributed by atoms with van der Waals surface area (Å²) in [6.07, 6.45) is 0. The van der Waals surface area contributed by atoms with Crippen molar-refractivity contribution in [1.82, 2.24) is 0 Å². The summed E-state index contributed by atoms with van der Waals surface area (Å²) < 4.78 is 0.131. The van der Waals surface area contributed by atoms with Gasteiger partial charge in [-0.15, -0.1) is 0 Å². The molecule has 0 aliphatic heterocycles. The molecule has 0 heterocycles. The van der Waals surface area contributed by atoms with Gasteiger partial charge in [0.2, 0.25) is 0 Å². The molecule has 0 aromatic heterocycles. The second-order valence-corrected chi connectivity index (χ2v) is 2.71. The molecule has 0 saturated heterocycles. The van der Waals surface area contributed by atoms with E-state index in [9.17, 15) is 5.11 Å². The van der Waals surface area contributed by atoms with E-state index >= 15 is 0 Å². The summed E-state index contributed by atoms with van der Waals surface area (Å²) in [5.74, 6) is 0. The van der Waals surface area contributed by atoms with E-state index in [2.05, 4.69) is 0 Å². The summed E-state index contributed by atoms with van der Waals surface area (Å²) in [6.45, 7) is 0. The van der Waals surface area contributed by atoms with Crippen LogP contribution in [0.5, 0.6) is 0 Å². The Bertz CT molecular complexity index is 210. The van der Waals surface area contributed by atoms with Gasteiger partial charge in [0.25, 0.3) is 0 Å². The Morgan fingerprint density at radius 3 is 2.00 bits per heavy atom. The van der Waals surface area contributed by atoms with E-state index in [1.807, 2.05) is 30.3 Å². The third-order valence-corrected chi connectivity index (χ3v) is 1.68. The molecule has 0 atom stereocenters. The van der Waals surface area contributed by atoms with Crippen molar-refractivity contribution >= 4 is 25.6 Å². The van der Waals surface area contributed by atoms with Gasteiger partial charge in [-0.05, 0) is 0 Å². The van der Waals surface area contributed by atoms with Gasteiger partial charge in [-0.2, -0.15) is 0 Å². The molecule has 1 aromatic rings. The Balaban J connectivity index is 0.000000810. The fraction of sp³-hybridized carbons (Fsp3) is 0. The Labute approximate surface area is 116 Å². The second-order valence-electron chi connectivity index (χ2n) is 1.65. The molecule has 0 unspecified atom stereocenters. The quantitative estimate of drug-likeness (QED) is 0.491. The Hall–Kier alpha value is 1.32. The SMILES string of the molecule is [K+].[O-]C(=[Te])c1ccccc1. The molecule has 0 aliphatic rings. The molecule has 0 radical (unpaired) electrons. The minimum absolute atomic E-state index is 0. The molecular weight excluding hydrogens is 267 g/mol. The molecule has 0 bridgehead atoms. The fourth-order valence-corrected chi connectivity index (χ4v) is 0.963. The van der Waals surface area contributed by atoms with Gasteiger partial charge in [-0.25, -0.2) is 0 Å². The maximum atomic E-state index is 10.6. The zero-order chi connectivity index (χ0) is 6.69. The van der Waals surface area contributed by atoms with Crippen molar-refractivity contribution in [3.8, 4) is 0 Å². The molecule has 0 saturated carbocycles.